The molecule has 106 valence electrons. The predicted molar refractivity (Wildman–Crippen MR) is 78.5 cm³/mol. The summed E-state index contributed by atoms with van der Waals surface area (Å²) in [4.78, 5) is 4.53. The zero-order valence-corrected chi connectivity index (χ0v) is 12.0. The Bertz CT molecular complexity index is 579. The van der Waals surface area contributed by atoms with Gasteiger partial charge in [-0.3, -0.25) is 0 Å². The molecular weight excluding hydrogens is 250 g/mol. The fourth-order valence-corrected chi connectivity index (χ4v) is 2.98. The van der Waals surface area contributed by atoms with E-state index in [4.69, 9.17) is 4.74 Å². The first kappa shape index (κ1) is 13.3. The van der Waals surface area contributed by atoms with Crippen LogP contribution in [0.2, 0.25) is 0 Å². The Hall–Kier alpha value is -1.65. The lowest BCUT2D eigenvalue weighted by Gasteiger charge is -2.32. The van der Waals surface area contributed by atoms with E-state index in [1.165, 1.54) is 11.1 Å². The van der Waals surface area contributed by atoms with Gasteiger partial charge in [-0.15, -0.1) is 0 Å². The highest BCUT2D eigenvalue weighted by Crippen LogP contribution is 2.36. The van der Waals surface area contributed by atoms with Gasteiger partial charge in [-0.1, -0.05) is 24.3 Å². The Kier molecular flexibility index (Phi) is 3.85. The van der Waals surface area contributed by atoms with Crippen LogP contribution in [-0.2, 0) is 17.7 Å². The molecule has 1 aromatic carbocycles. The van der Waals surface area contributed by atoms with Crippen LogP contribution in [0.5, 0.6) is 0 Å². The first-order valence-corrected chi connectivity index (χ1v) is 7.22. The van der Waals surface area contributed by atoms with Crippen molar-refractivity contribution in [2.45, 2.75) is 32.0 Å². The number of imidazole rings is 1. The Labute approximate surface area is 119 Å². The van der Waals surface area contributed by atoms with Crippen molar-refractivity contribution in [1.29, 1.82) is 0 Å². The van der Waals surface area contributed by atoms with Gasteiger partial charge in [-0.05, 0) is 31.5 Å². The van der Waals surface area contributed by atoms with Gasteiger partial charge in [0.15, 0.2) is 0 Å². The number of aromatic nitrogens is 2. The topological polar surface area (TPSA) is 39.1 Å². The van der Waals surface area contributed by atoms with Crippen molar-refractivity contribution in [1.82, 2.24) is 14.9 Å². The molecule has 4 heteroatoms. The third kappa shape index (κ3) is 2.25. The van der Waals surface area contributed by atoms with Gasteiger partial charge in [0, 0.05) is 18.9 Å². The summed E-state index contributed by atoms with van der Waals surface area (Å²) in [6.07, 6.45) is 4.90. The van der Waals surface area contributed by atoms with Gasteiger partial charge in [0.05, 0.1) is 12.6 Å². The average Bonchev–Trinajstić information content (AvgIpc) is 2.97. The lowest BCUT2D eigenvalue weighted by atomic mass is 9.93. The second-order valence-corrected chi connectivity index (χ2v) is 5.08. The summed E-state index contributed by atoms with van der Waals surface area (Å²) >= 11 is 0. The van der Waals surface area contributed by atoms with Crippen molar-refractivity contribution in [2.24, 2.45) is 0 Å². The maximum Gasteiger partial charge on any atom is 0.128 e. The molecule has 0 radical (unpaired) electrons. The van der Waals surface area contributed by atoms with E-state index in [0.29, 0.717) is 0 Å². The van der Waals surface area contributed by atoms with E-state index in [1.807, 2.05) is 19.4 Å². The molecule has 1 N–H and O–H groups in total. The van der Waals surface area contributed by atoms with Crippen molar-refractivity contribution in [2.75, 3.05) is 13.7 Å². The number of nitrogens with one attached hydrogen (secondary N) is 1. The summed E-state index contributed by atoms with van der Waals surface area (Å²) in [5.74, 6) is 1.04. The third-order valence-corrected chi connectivity index (χ3v) is 4.01. The highest BCUT2D eigenvalue weighted by molar-refractivity contribution is 5.32. The predicted octanol–water partition coefficient (Wildman–Crippen LogP) is 2.48. The number of likely N-dealkylation sites (N-methyl/N-ethyl adjacent to an activating group) is 1. The summed E-state index contributed by atoms with van der Waals surface area (Å²) < 4.78 is 8.23. The van der Waals surface area contributed by atoms with Crippen molar-refractivity contribution in [3.63, 3.8) is 0 Å². The van der Waals surface area contributed by atoms with Gasteiger partial charge in [-0.25, -0.2) is 4.98 Å². The first-order valence-electron chi connectivity index (χ1n) is 7.22. The molecule has 0 bridgehead atoms. The SMILES string of the molecule is CCn1ccnc1C(NC)C1OCCc2ccccc21. The number of benzene rings is 1. The van der Waals surface area contributed by atoms with Crippen molar-refractivity contribution < 1.29 is 4.74 Å². The van der Waals surface area contributed by atoms with Crippen LogP contribution in [-0.4, -0.2) is 23.2 Å². The monoisotopic (exact) mass is 271 g/mol. The zero-order chi connectivity index (χ0) is 13.9. The van der Waals surface area contributed by atoms with Crippen LogP contribution in [0.4, 0.5) is 0 Å². The van der Waals surface area contributed by atoms with Gasteiger partial charge in [0.2, 0.25) is 0 Å². The third-order valence-electron chi connectivity index (χ3n) is 4.01. The fourth-order valence-electron chi connectivity index (χ4n) is 2.98. The van der Waals surface area contributed by atoms with Crippen molar-refractivity contribution in [3.8, 4) is 0 Å². The largest absolute Gasteiger partial charge is 0.371 e. The lowest BCUT2D eigenvalue weighted by molar-refractivity contribution is 0.0137. The molecule has 2 unspecified atom stereocenters. The highest BCUT2D eigenvalue weighted by atomic mass is 16.5. The maximum absolute atomic E-state index is 6.06. The number of hydrogen-bond acceptors (Lipinski definition) is 3. The van der Waals surface area contributed by atoms with Crippen LogP contribution in [0.3, 0.4) is 0 Å². The van der Waals surface area contributed by atoms with Crippen LogP contribution < -0.4 is 5.32 Å². The molecule has 4 nitrogen and oxygen atoms in total. The van der Waals surface area contributed by atoms with Crippen LogP contribution in [0.1, 0.15) is 36.0 Å². The van der Waals surface area contributed by atoms with Crippen molar-refractivity contribution in [3.05, 3.63) is 53.6 Å². The second kappa shape index (κ2) is 5.77. The van der Waals surface area contributed by atoms with E-state index < -0.39 is 0 Å². The van der Waals surface area contributed by atoms with Gasteiger partial charge in [0.25, 0.3) is 0 Å². The summed E-state index contributed by atoms with van der Waals surface area (Å²) in [5.41, 5.74) is 2.67. The van der Waals surface area contributed by atoms with Crippen molar-refractivity contribution >= 4 is 0 Å². The molecule has 0 spiro atoms. The Morgan fingerprint density at radius 1 is 1.45 bits per heavy atom. The summed E-state index contributed by atoms with van der Waals surface area (Å²) in [6.45, 7) is 3.82. The average molecular weight is 271 g/mol. The van der Waals surface area contributed by atoms with Crippen LogP contribution in [0, 0.1) is 0 Å². The number of nitrogens with zero attached hydrogens (tertiary/aromatic N) is 2. The molecule has 3 rings (SSSR count). The second-order valence-electron chi connectivity index (χ2n) is 5.08. The molecule has 0 fully saturated rings. The molecule has 1 aliphatic heterocycles. The van der Waals surface area contributed by atoms with E-state index >= 15 is 0 Å². The van der Waals surface area contributed by atoms with Gasteiger partial charge in [0.1, 0.15) is 11.9 Å². The van der Waals surface area contributed by atoms with Gasteiger partial charge in [-0.2, -0.15) is 0 Å². The minimum Gasteiger partial charge on any atom is -0.371 e. The Morgan fingerprint density at radius 2 is 2.30 bits per heavy atom. The molecule has 1 aromatic heterocycles. The van der Waals surface area contributed by atoms with Gasteiger partial charge >= 0.3 is 0 Å². The normalized spacial score (nSPS) is 19.6. The summed E-state index contributed by atoms with van der Waals surface area (Å²) in [5, 5.41) is 3.38. The highest BCUT2D eigenvalue weighted by Gasteiger charge is 2.31. The minimum atomic E-state index is 0.0256. The molecule has 0 saturated heterocycles. The number of ether oxygens (including phenoxy) is 1. The van der Waals surface area contributed by atoms with E-state index in [0.717, 1.165) is 25.4 Å². The lowest BCUT2D eigenvalue weighted by Crippen LogP contribution is -2.31. The minimum absolute atomic E-state index is 0.0256. The molecule has 0 saturated carbocycles. The van der Waals surface area contributed by atoms with Gasteiger partial charge < -0.3 is 14.6 Å². The number of fused-ring (bicyclic) bond motifs is 1. The summed E-state index contributed by atoms with van der Waals surface area (Å²) in [7, 11) is 1.97. The smallest absolute Gasteiger partial charge is 0.128 e. The quantitative estimate of drug-likeness (QED) is 0.928. The van der Waals surface area contributed by atoms with E-state index in [9.17, 15) is 0 Å². The zero-order valence-electron chi connectivity index (χ0n) is 12.0. The molecular formula is C16H21N3O. The van der Waals surface area contributed by atoms with E-state index in [2.05, 4.69) is 46.1 Å². The van der Waals surface area contributed by atoms with Crippen LogP contribution in [0.25, 0.3) is 0 Å². The fraction of sp³-hybridized carbons (Fsp3) is 0.438. The molecule has 0 aliphatic carbocycles. The standard InChI is InChI=1S/C16H21N3O/c1-3-19-10-9-18-16(19)14(17-2)15-13-7-5-4-6-12(13)8-11-20-15/h4-7,9-10,14-15,17H,3,8,11H2,1-2H3. The summed E-state index contributed by atoms with van der Waals surface area (Å²) in [6, 6.07) is 8.63. The molecule has 1 aliphatic rings. The van der Waals surface area contributed by atoms with E-state index in [-0.39, 0.29) is 12.1 Å². The van der Waals surface area contributed by atoms with Crippen LogP contribution in [0.15, 0.2) is 36.7 Å². The Morgan fingerprint density at radius 3 is 3.10 bits per heavy atom. The molecule has 2 aromatic rings. The molecule has 2 atom stereocenters. The number of aryl methyl sites for hydroxylation is 1. The number of hydrogen-bond donors (Lipinski definition) is 1. The molecule has 0 amide bonds. The first-order chi connectivity index (χ1) is 9.85. The van der Waals surface area contributed by atoms with E-state index in [1.54, 1.807) is 0 Å². The molecule has 20 heavy (non-hydrogen) atoms. The molecule has 2 heterocycles. The Balaban J connectivity index is 1.99. The maximum atomic E-state index is 6.06. The van der Waals surface area contributed by atoms with Crippen LogP contribution >= 0.6 is 0 Å². The number of rotatable bonds is 4.